The summed E-state index contributed by atoms with van der Waals surface area (Å²) in [6, 6.07) is 24.2. The van der Waals surface area contributed by atoms with Gasteiger partial charge in [-0.3, -0.25) is 9.69 Å². The van der Waals surface area contributed by atoms with Crippen molar-refractivity contribution < 1.29 is 0 Å². The maximum atomic E-state index is 12.4. The van der Waals surface area contributed by atoms with E-state index in [0.29, 0.717) is 0 Å². The summed E-state index contributed by atoms with van der Waals surface area (Å²) in [6.45, 7) is 2.95. The zero-order valence-electron chi connectivity index (χ0n) is 14.8. The Morgan fingerprint density at radius 3 is 2.19 bits per heavy atom. The Labute approximate surface area is 153 Å². The lowest BCUT2D eigenvalue weighted by Gasteiger charge is -2.32. The minimum Gasteiger partial charge on any atom is -0.299 e. The van der Waals surface area contributed by atoms with E-state index < -0.39 is 0 Å². The van der Waals surface area contributed by atoms with Crippen LogP contribution in [-0.2, 0) is 6.54 Å². The summed E-state index contributed by atoms with van der Waals surface area (Å²) < 4.78 is 1.70. The van der Waals surface area contributed by atoms with E-state index >= 15 is 0 Å². The summed E-state index contributed by atoms with van der Waals surface area (Å²) >= 11 is 0. The van der Waals surface area contributed by atoms with E-state index in [0.717, 1.165) is 43.7 Å². The molecule has 0 amide bonds. The first-order valence-corrected chi connectivity index (χ1v) is 9.21. The lowest BCUT2D eigenvalue weighted by atomic mass is 10.0. The molecule has 0 N–H and O–H groups in total. The number of nitrogens with zero attached hydrogens (tertiary/aromatic N) is 3. The molecule has 132 valence electrons. The second-order valence-electron chi connectivity index (χ2n) is 6.86. The molecule has 0 saturated carbocycles. The highest BCUT2D eigenvalue weighted by molar-refractivity contribution is 5.57. The molecule has 2 heterocycles. The molecule has 3 aromatic rings. The molecule has 0 spiro atoms. The summed E-state index contributed by atoms with van der Waals surface area (Å²) in [7, 11) is 0. The van der Waals surface area contributed by atoms with Crippen LogP contribution in [0.25, 0.3) is 11.3 Å². The largest absolute Gasteiger partial charge is 0.299 e. The van der Waals surface area contributed by atoms with Gasteiger partial charge in [-0.1, -0.05) is 60.7 Å². The van der Waals surface area contributed by atoms with Crippen LogP contribution in [0.4, 0.5) is 0 Å². The summed E-state index contributed by atoms with van der Waals surface area (Å²) in [4.78, 5) is 14.8. The molecule has 2 aromatic carbocycles. The van der Waals surface area contributed by atoms with Gasteiger partial charge in [-0.05, 0) is 24.5 Å². The van der Waals surface area contributed by atoms with Gasteiger partial charge in [0.1, 0.15) is 0 Å². The molecule has 26 heavy (non-hydrogen) atoms. The van der Waals surface area contributed by atoms with Gasteiger partial charge in [0.2, 0.25) is 0 Å². The quantitative estimate of drug-likeness (QED) is 0.723. The van der Waals surface area contributed by atoms with Gasteiger partial charge < -0.3 is 0 Å². The van der Waals surface area contributed by atoms with Crippen LogP contribution in [0.5, 0.6) is 0 Å². The van der Waals surface area contributed by atoms with Crippen molar-refractivity contribution in [1.29, 1.82) is 0 Å². The van der Waals surface area contributed by atoms with Crippen molar-refractivity contribution in [2.45, 2.75) is 25.4 Å². The van der Waals surface area contributed by atoms with Gasteiger partial charge in [0.25, 0.3) is 5.56 Å². The van der Waals surface area contributed by atoms with Crippen molar-refractivity contribution in [3.05, 3.63) is 88.7 Å². The SMILES string of the molecule is O=c1ccc(-c2ccccc2)nn1C1CCN(Cc2ccccc2)CC1. The zero-order valence-corrected chi connectivity index (χ0v) is 14.8. The lowest BCUT2D eigenvalue weighted by molar-refractivity contribution is 0.170. The average molecular weight is 345 g/mol. The summed E-state index contributed by atoms with van der Waals surface area (Å²) in [5.41, 5.74) is 3.23. The first-order chi connectivity index (χ1) is 12.8. The predicted molar refractivity (Wildman–Crippen MR) is 104 cm³/mol. The van der Waals surface area contributed by atoms with Crippen LogP contribution >= 0.6 is 0 Å². The van der Waals surface area contributed by atoms with Gasteiger partial charge in [0.15, 0.2) is 0 Å². The first-order valence-electron chi connectivity index (χ1n) is 9.21. The monoisotopic (exact) mass is 345 g/mol. The summed E-state index contributed by atoms with van der Waals surface area (Å²) in [5.74, 6) is 0. The molecule has 0 bridgehead atoms. The molecule has 1 saturated heterocycles. The highest BCUT2D eigenvalue weighted by Gasteiger charge is 2.22. The maximum Gasteiger partial charge on any atom is 0.267 e. The van der Waals surface area contributed by atoms with Gasteiger partial charge in [0.05, 0.1) is 11.7 Å². The number of hydrogen-bond donors (Lipinski definition) is 0. The standard InChI is InChI=1S/C22H23N3O/c26-22-12-11-21(19-9-5-2-6-10-19)23-25(22)20-13-15-24(16-14-20)17-18-7-3-1-4-8-18/h1-12,20H,13-17H2. The van der Waals surface area contributed by atoms with Crippen molar-refractivity contribution >= 4 is 0 Å². The van der Waals surface area contributed by atoms with Crippen LogP contribution in [-0.4, -0.2) is 27.8 Å². The topological polar surface area (TPSA) is 38.1 Å². The van der Waals surface area contributed by atoms with Crippen LogP contribution in [0.2, 0.25) is 0 Å². The van der Waals surface area contributed by atoms with E-state index in [1.807, 2.05) is 42.5 Å². The molecule has 1 aliphatic heterocycles. The summed E-state index contributed by atoms with van der Waals surface area (Å²) in [5, 5.41) is 4.66. The molecule has 4 nitrogen and oxygen atoms in total. The Morgan fingerprint density at radius 1 is 0.846 bits per heavy atom. The van der Waals surface area contributed by atoms with Crippen molar-refractivity contribution in [3.8, 4) is 11.3 Å². The number of hydrogen-bond acceptors (Lipinski definition) is 3. The molecule has 0 atom stereocenters. The molecule has 0 radical (unpaired) electrons. The van der Waals surface area contributed by atoms with E-state index in [9.17, 15) is 4.79 Å². The second kappa shape index (κ2) is 7.67. The Morgan fingerprint density at radius 2 is 1.50 bits per heavy atom. The van der Waals surface area contributed by atoms with Crippen molar-refractivity contribution in [2.75, 3.05) is 13.1 Å². The molecule has 4 heteroatoms. The van der Waals surface area contributed by atoms with Gasteiger partial charge in [-0.15, -0.1) is 0 Å². The third-order valence-electron chi connectivity index (χ3n) is 5.05. The fourth-order valence-corrected chi connectivity index (χ4v) is 3.61. The van der Waals surface area contributed by atoms with Crippen LogP contribution in [0.1, 0.15) is 24.4 Å². The third-order valence-corrected chi connectivity index (χ3v) is 5.05. The fraction of sp³-hybridized carbons (Fsp3) is 0.273. The van der Waals surface area contributed by atoms with E-state index in [4.69, 9.17) is 0 Å². The van der Waals surface area contributed by atoms with E-state index in [-0.39, 0.29) is 11.6 Å². The average Bonchev–Trinajstić information content (AvgIpc) is 2.71. The van der Waals surface area contributed by atoms with E-state index in [2.05, 4.69) is 34.3 Å². The zero-order chi connectivity index (χ0) is 17.8. The third kappa shape index (κ3) is 3.75. The van der Waals surface area contributed by atoms with Crippen LogP contribution in [0, 0.1) is 0 Å². The van der Waals surface area contributed by atoms with Crippen LogP contribution in [0.15, 0.2) is 77.6 Å². The van der Waals surface area contributed by atoms with E-state index in [1.165, 1.54) is 5.56 Å². The van der Waals surface area contributed by atoms with Gasteiger partial charge in [0, 0.05) is 31.3 Å². The number of rotatable bonds is 4. The van der Waals surface area contributed by atoms with Gasteiger partial charge >= 0.3 is 0 Å². The molecular formula is C22H23N3O. The van der Waals surface area contributed by atoms with Crippen molar-refractivity contribution in [3.63, 3.8) is 0 Å². The molecule has 1 fully saturated rings. The summed E-state index contributed by atoms with van der Waals surface area (Å²) in [6.07, 6.45) is 1.91. The lowest BCUT2D eigenvalue weighted by Crippen LogP contribution is -2.38. The van der Waals surface area contributed by atoms with Crippen LogP contribution in [0.3, 0.4) is 0 Å². The van der Waals surface area contributed by atoms with Crippen molar-refractivity contribution in [1.82, 2.24) is 14.7 Å². The number of likely N-dealkylation sites (tertiary alicyclic amines) is 1. The molecular weight excluding hydrogens is 322 g/mol. The minimum atomic E-state index is -0.00816. The minimum absolute atomic E-state index is 0.00816. The molecule has 1 aromatic heterocycles. The normalized spacial score (nSPS) is 15.8. The maximum absolute atomic E-state index is 12.4. The predicted octanol–water partition coefficient (Wildman–Crippen LogP) is 3.75. The number of benzene rings is 2. The Bertz CT molecular complexity index is 897. The van der Waals surface area contributed by atoms with Gasteiger partial charge in [-0.25, -0.2) is 4.68 Å². The fourth-order valence-electron chi connectivity index (χ4n) is 3.61. The van der Waals surface area contributed by atoms with E-state index in [1.54, 1.807) is 10.7 Å². The smallest absolute Gasteiger partial charge is 0.267 e. The highest BCUT2D eigenvalue weighted by atomic mass is 16.1. The Hall–Kier alpha value is -2.72. The molecule has 0 unspecified atom stereocenters. The first kappa shape index (κ1) is 16.7. The van der Waals surface area contributed by atoms with Gasteiger partial charge in [-0.2, -0.15) is 5.10 Å². The number of piperidine rings is 1. The highest BCUT2D eigenvalue weighted by Crippen LogP contribution is 2.23. The Kier molecular flexibility index (Phi) is 4.93. The molecule has 0 aliphatic carbocycles. The van der Waals surface area contributed by atoms with Crippen LogP contribution < -0.4 is 5.56 Å². The molecule has 4 rings (SSSR count). The Balaban J connectivity index is 1.47. The molecule has 1 aliphatic rings. The number of aromatic nitrogens is 2. The van der Waals surface area contributed by atoms with Crippen molar-refractivity contribution in [2.24, 2.45) is 0 Å². The second-order valence-corrected chi connectivity index (χ2v) is 6.86.